The van der Waals surface area contributed by atoms with Gasteiger partial charge in [0.15, 0.2) is 5.78 Å². The molecule has 1 aromatic rings. The quantitative estimate of drug-likeness (QED) is 0.330. The van der Waals surface area contributed by atoms with E-state index in [0.29, 0.717) is 0 Å². The van der Waals surface area contributed by atoms with Crippen LogP contribution >= 0.6 is 0 Å². The number of phenols is 1. The molecule has 0 saturated heterocycles. The number of fused-ring (bicyclic) bond motifs is 14. The molecular weight excluding hydrogens is 650 g/mol. The highest BCUT2D eigenvalue weighted by Crippen LogP contribution is 2.48. The number of ether oxygens (including phenoxy) is 4. The first-order chi connectivity index (χ1) is 23.4. The molecule has 4 N–H and O–H groups in total. The van der Waals surface area contributed by atoms with E-state index in [9.17, 15) is 39.3 Å². The fourth-order valence-corrected chi connectivity index (χ4v) is 6.81. The molecule has 5 rings (SSSR count). The first-order valence-corrected chi connectivity index (χ1v) is 16.3. The Bertz CT molecular complexity index is 1720. The number of aromatic hydroxyl groups is 1. The molecule has 270 valence electrons. The number of phenolic OH excluding ortho intramolecular Hbond substituents is 1. The van der Waals surface area contributed by atoms with Gasteiger partial charge in [0.1, 0.15) is 11.5 Å². The lowest BCUT2D eigenvalue weighted by Crippen LogP contribution is -2.45. The van der Waals surface area contributed by atoms with Crippen LogP contribution in [0, 0.1) is 36.5 Å². The van der Waals surface area contributed by atoms with Crippen molar-refractivity contribution in [1.82, 2.24) is 5.32 Å². The predicted octanol–water partition coefficient (Wildman–Crippen LogP) is 3.49. The van der Waals surface area contributed by atoms with Crippen LogP contribution in [0.25, 0.3) is 0 Å². The van der Waals surface area contributed by atoms with E-state index in [2.05, 4.69) is 5.32 Å². The fourth-order valence-electron chi connectivity index (χ4n) is 6.81. The van der Waals surface area contributed by atoms with Gasteiger partial charge < -0.3 is 39.6 Å². The third kappa shape index (κ3) is 6.77. The molecule has 0 aromatic heterocycles. The lowest BCUT2D eigenvalue weighted by Gasteiger charge is -2.37. The van der Waals surface area contributed by atoms with Crippen LogP contribution < -0.4 is 10.1 Å². The van der Waals surface area contributed by atoms with Crippen LogP contribution in [-0.4, -0.2) is 82.9 Å². The minimum Gasteiger partial charge on any atom is -0.507 e. The standard InChI is InChI=1S/C37H45NO12/c1-16-11-10-12-17(2)35(45)38-22-15-23(39)26-27(32(22)43)31(42)21(6)33-28(26)34(44)37(7,50-33)49-14-13-24(47-8)18(3)25(36(46)48-9)19(4)30(41)20(5)29(16)40/h10-16,18-20,24-25,29-30,40-42H,1-9H3,(H,38,45)/b11-10+,14-13+,17-12-/t16-,18-,19+,20+,24+,25+,29-,30+,37-/m0/s1. The Morgan fingerprint density at radius 2 is 1.58 bits per heavy atom. The molecule has 5 bridgehead atoms. The van der Waals surface area contributed by atoms with E-state index in [1.54, 1.807) is 39.8 Å². The Hall–Kier alpha value is -4.59. The summed E-state index contributed by atoms with van der Waals surface area (Å²) in [5, 5.41) is 36.1. The van der Waals surface area contributed by atoms with Crippen LogP contribution in [0.2, 0.25) is 0 Å². The van der Waals surface area contributed by atoms with E-state index in [-0.39, 0.29) is 28.0 Å². The zero-order valence-electron chi connectivity index (χ0n) is 29.6. The summed E-state index contributed by atoms with van der Waals surface area (Å²) in [4.78, 5) is 67.2. The molecule has 1 amide bonds. The average Bonchev–Trinajstić information content (AvgIpc) is 3.34. The van der Waals surface area contributed by atoms with Gasteiger partial charge in [0.25, 0.3) is 11.7 Å². The van der Waals surface area contributed by atoms with Crippen LogP contribution in [0.3, 0.4) is 0 Å². The molecule has 0 saturated carbocycles. The number of methoxy groups -OCH3 is 2. The van der Waals surface area contributed by atoms with Gasteiger partial charge in [-0.25, -0.2) is 0 Å². The molecule has 0 spiro atoms. The van der Waals surface area contributed by atoms with Gasteiger partial charge in [-0.3, -0.25) is 24.0 Å². The van der Waals surface area contributed by atoms with E-state index in [0.717, 1.165) is 12.3 Å². The van der Waals surface area contributed by atoms with E-state index < -0.39 is 99.9 Å². The summed E-state index contributed by atoms with van der Waals surface area (Å²) in [5.74, 6) is -10.1. The molecule has 13 nitrogen and oxygen atoms in total. The maximum atomic E-state index is 13.9. The van der Waals surface area contributed by atoms with Crippen molar-refractivity contribution in [2.24, 2.45) is 29.6 Å². The lowest BCUT2D eigenvalue weighted by atomic mass is 9.73. The Kier molecular flexibility index (Phi) is 11.2. The summed E-state index contributed by atoms with van der Waals surface area (Å²) >= 11 is 0. The molecule has 0 unspecified atom stereocenters. The van der Waals surface area contributed by atoms with Crippen molar-refractivity contribution in [2.45, 2.75) is 72.6 Å². The number of hydrogen-bond acceptors (Lipinski definition) is 12. The summed E-state index contributed by atoms with van der Waals surface area (Å²) in [6, 6.07) is 0. The Morgan fingerprint density at radius 1 is 0.920 bits per heavy atom. The number of amides is 1. The summed E-state index contributed by atoms with van der Waals surface area (Å²) in [6.45, 7) is 11.0. The molecule has 9 atom stereocenters. The van der Waals surface area contributed by atoms with Crippen molar-refractivity contribution >= 4 is 29.2 Å². The van der Waals surface area contributed by atoms with Crippen molar-refractivity contribution in [2.75, 3.05) is 14.2 Å². The van der Waals surface area contributed by atoms with Crippen molar-refractivity contribution in [1.29, 1.82) is 0 Å². The van der Waals surface area contributed by atoms with Gasteiger partial charge >= 0.3 is 11.8 Å². The maximum Gasteiger partial charge on any atom is 0.312 e. The van der Waals surface area contributed by atoms with Crippen molar-refractivity contribution in [3.63, 3.8) is 0 Å². The Balaban J connectivity index is 1.84. The van der Waals surface area contributed by atoms with Crippen LogP contribution in [-0.2, 0) is 23.8 Å². The minimum atomic E-state index is -2.04. The number of allylic oxidation sites excluding steroid dienone is 4. The van der Waals surface area contributed by atoms with Gasteiger partial charge in [-0.05, 0) is 31.8 Å². The molecule has 13 heteroatoms. The number of esters is 1. The third-order valence-electron chi connectivity index (χ3n) is 10.1. The summed E-state index contributed by atoms with van der Waals surface area (Å²) in [7, 11) is 2.64. The highest BCUT2D eigenvalue weighted by Gasteiger charge is 2.51. The van der Waals surface area contributed by atoms with Crippen molar-refractivity contribution in [3.05, 3.63) is 70.2 Å². The van der Waals surface area contributed by atoms with Crippen LogP contribution in [0.15, 0.2) is 47.9 Å². The van der Waals surface area contributed by atoms with Gasteiger partial charge in [0, 0.05) is 43.1 Å². The van der Waals surface area contributed by atoms with E-state index in [1.165, 1.54) is 47.1 Å². The normalized spacial score (nSPS) is 34.5. The average molecular weight is 696 g/mol. The van der Waals surface area contributed by atoms with Gasteiger partial charge in [0.05, 0.1) is 60.0 Å². The van der Waals surface area contributed by atoms with Crippen molar-refractivity contribution < 1.29 is 58.2 Å². The molecule has 50 heavy (non-hydrogen) atoms. The highest BCUT2D eigenvalue weighted by atomic mass is 16.7. The zero-order chi connectivity index (χ0) is 37.4. The number of aliphatic hydroxyl groups excluding tert-OH is 2. The number of nitrogens with one attached hydrogen (secondary N) is 1. The van der Waals surface area contributed by atoms with Crippen LogP contribution in [0.1, 0.15) is 78.2 Å². The van der Waals surface area contributed by atoms with Crippen LogP contribution in [0.4, 0.5) is 0 Å². The van der Waals surface area contributed by atoms with Gasteiger partial charge in [-0.1, -0.05) is 45.9 Å². The number of aliphatic hydroxyl groups is 2. The van der Waals surface area contributed by atoms with Crippen LogP contribution in [0.5, 0.6) is 11.5 Å². The SMILES string of the molecule is COC(=O)[C@@H]1[C@@H](C)[C@H](OC)/C=C/O[C@@]2(C)Oc3c(C)c(O)c4c(c3C2=O)C(=O)C=C(NC(=O)/C(C)=C\C=C\[C@H](C)[C@H](O)[C@@H](C)[C@H](O)[C@@H]1C)C4=O. The molecule has 3 heterocycles. The smallest absolute Gasteiger partial charge is 0.312 e. The molecule has 1 aliphatic carbocycles. The van der Waals surface area contributed by atoms with Gasteiger partial charge in [-0.15, -0.1) is 0 Å². The van der Waals surface area contributed by atoms with Gasteiger partial charge in [0.2, 0.25) is 5.78 Å². The number of hydrogen-bond donors (Lipinski definition) is 4. The van der Waals surface area contributed by atoms with Gasteiger partial charge in [-0.2, -0.15) is 0 Å². The third-order valence-corrected chi connectivity index (χ3v) is 10.1. The Labute approximate surface area is 290 Å². The topological polar surface area (TPSA) is 195 Å². The number of rotatable bonds is 2. The fraction of sp³-hybridized carbons (Fsp3) is 0.486. The predicted molar refractivity (Wildman–Crippen MR) is 179 cm³/mol. The first-order valence-electron chi connectivity index (χ1n) is 16.3. The largest absolute Gasteiger partial charge is 0.507 e. The monoisotopic (exact) mass is 695 g/mol. The van der Waals surface area contributed by atoms with E-state index >= 15 is 0 Å². The number of Topliss-reactive ketones (excluding diaryl/α,β-unsaturated/α-hetero) is 2. The molecule has 1 aromatic carbocycles. The second-order valence-electron chi connectivity index (χ2n) is 13.4. The molecule has 0 radical (unpaired) electrons. The minimum absolute atomic E-state index is 0.00579. The van der Waals surface area contributed by atoms with E-state index in [1.807, 2.05) is 0 Å². The second kappa shape index (κ2) is 14.7. The molecule has 3 aliphatic heterocycles. The summed E-state index contributed by atoms with van der Waals surface area (Å²) in [5.41, 5.74) is -1.33. The van der Waals surface area contributed by atoms with E-state index in [4.69, 9.17) is 18.9 Å². The lowest BCUT2D eigenvalue weighted by molar-refractivity contribution is -0.155. The van der Waals surface area contributed by atoms with Crippen molar-refractivity contribution in [3.8, 4) is 11.5 Å². The highest BCUT2D eigenvalue weighted by molar-refractivity contribution is 6.30. The molecule has 0 fully saturated rings. The number of benzene rings is 1. The number of ketones is 3. The zero-order valence-corrected chi connectivity index (χ0v) is 29.6. The maximum absolute atomic E-state index is 13.9. The number of carbonyl (C=O) groups is 5. The first kappa shape index (κ1) is 38.2. The molecule has 4 aliphatic rings. The second-order valence-corrected chi connectivity index (χ2v) is 13.4. The number of carbonyl (C=O) groups excluding carboxylic acids is 5. The summed E-state index contributed by atoms with van der Waals surface area (Å²) < 4.78 is 22.5. The summed E-state index contributed by atoms with van der Waals surface area (Å²) in [6.07, 6.45) is 5.10. The Morgan fingerprint density at radius 3 is 2.20 bits per heavy atom. The molecular formula is C37H45NO12.